The van der Waals surface area contributed by atoms with Gasteiger partial charge in [0.15, 0.2) is 11.6 Å². The van der Waals surface area contributed by atoms with Crippen molar-refractivity contribution in [3.63, 3.8) is 0 Å². The van der Waals surface area contributed by atoms with Crippen LogP contribution in [0.15, 0.2) is 36.4 Å². The fraction of sp³-hybridized carbons (Fsp3) is 0. The van der Waals surface area contributed by atoms with Crippen molar-refractivity contribution in [1.82, 2.24) is 0 Å². The van der Waals surface area contributed by atoms with Gasteiger partial charge in [-0.2, -0.15) is 0 Å². The highest BCUT2D eigenvalue weighted by Gasteiger charge is 2.15. The maximum Gasteiger partial charge on any atom is 0.270 e. The lowest BCUT2D eigenvalue weighted by molar-refractivity contribution is -0.384. The standard InChI is InChI=1S/C13H7ClF2N2O3/c14-10-6-8(18(20)21)2-3-9(10)13(19)17-7-1-4-11(15)12(16)5-7/h1-6H,(H,17,19). The van der Waals surface area contributed by atoms with E-state index in [0.29, 0.717) is 0 Å². The Hall–Kier alpha value is -2.54. The summed E-state index contributed by atoms with van der Waals surface area (Å²) in [5.41, 5.74) is -0.246. The highest BCUT2D eigenvalue weighted by molar-refractivity contribution is 6.34. The van der Waals surface area contributed by atoms with Gasteiger partial charge in [0.05, 0.1) is 15.5 Å². The van der Waals surface area contributed by atoms with Gasteiger partial charge in [0.25, 0.3) is 11.6 Å². The van der Waals surface area contributed by atoms with Crippen LogP contribution in [0.2, 0.25) is 5.02 Å². The van der Waals surface area contributed by atoms with Crippen LogP contribution in [0.4, 0.5) is 20.2 Å². The number of nitrogens with one attached hydrogen (secondary N) is 1. The highest BCUT2D eigenvalue weighted by atomic mass is 35.5. The molecule has 108 valence electrons. The molecule has 8 heteroatoms. The molecule has 0 fully saturated rings. The van der Waals surface area contributed by atoms with E-state index in [9.17, 15) is 23.7 Å². The largest absolute Gasteiger partial charge is 0.322 e. The van der Waals surface area contributed by atoms with Crippen molar-refractivity contribution in [1.29, 1.82) is 0 Å². The zero-order valence-electron chi connectivity index (χ0n) is 10.3. The quantitative estimate of drug-likeness (QED) is 0.692. The minimum atomic E-state index is -1.11. The molecule has 0 saturated carbocycles. The zero-order chi connectivity index (χ0) is 15.6. The minimum Gasteiger partial charge on any atom is -0.322 e. The Morgan fingerprint density at radius 3 is 2.43 bits per heavy atom. The molecule has 0 atom stereocenters. The number of carbonyl (C=O) groups is 1. The molecular formula is C13H7ClF2N2O3. The third kappa shape index (κ3) is 3.32. The zero-order valence-corrected chi connectivity index (χ0v) is 11.0. The first kappa shape index (κ1) is 14.9. The number of rotatable bonds is 3. The van der Waals surface area contributed by atoms with Crippen LogP contribution in [0.5, 0.6) is 0 Å². The molecule has 1 N–H and O–H groups in total. The fourth-order valence-electron chi connectivity index (χ4n) is 1.57. The number of nitro groups is 1. The number of hydrogen-bond acceptors (Lipinski definition) is 3. The first-order chi connectivity index (χ1) is 9.88. The van der Waals surface area contributed by atoms with E-state index in [1.807, 2.05) is 0 Å². The second kappa shape index (κ2) is 5.84. The smallest absolute Gasteiger partial charge is 0.270 e. The number of amides is 1. The van der Waals surface area contributed by atoms with Crippen molar-refractivity contribution >= 4 is 28.9 Å². The van der Waals surface area contributed by atoms with E-state index in [1.54, 1.807) is 0 Å². The maximum absolute atomic E-state index is 13.0. The molecule has 0 aromatic heterocycles. The predicted octanol–water partition coefficient (Wildman–Crippen LogP) is 3.78. The normalized spacial score (nSPS) is 10.2. The number of carbonyl (C=O) groups excluding carboxylic acids is 1. The van der Waals surface area contributed by atoms with E-state index in [2.05, 4.69) is 5.32 Å². The van der Waals surface area contributed by atoms with Crippen molar-refractivity contribution in [2.75, 3.05) is 5.32 Å². The number of non-ortho nitro benzene ring substituents is 1. The van der Waals surface area contributed by atoms with E-state index in [-0.39, 0.29) is 22.0 Å². The van der Waals surface area contributed by atoms with Crippen molar-refractivity contribution in [3.05, 3.63) is 68.7 Å². The van der Waals surface area contributed by atoms with Crippen LogP contribution in [0, 0.1) is 21.7 Å². The maximum atomic E-state index is 13.0. The van der Waals surface area contributed by atoms with Gasteiger partial charge in [-0.15, -0.1) is 0 Å². The molecule has 0 spiro atoms. The number of benzene rings is 2. The monoisotopic (exact) mass is 312 g/mol. The SMILES string of the molecule is O=C(Nc1ccc(F)c(F)c1)c1ccc([N+](=O)[O-])cc1Cl. The number of halogens is 3. The Bertz CT molecular complexity index is 737. The van der Waals surface area contributed by atoms with E-state index < -0.39 is 22.5 Å². The number of hydrogen-bond donors (Lipinski definition) is 1. The number of nitro benzene ring substituents is 1. The average molecular weight is 313 g/mol. The summed E-state index contributed by atoms with van der Waals surface area (Å²) in [5, 5.41) is 12.8. The van der Waals surface area contributed by atoms with Crippen molar-refractivity contribution in [2.24, 2.45) is 0 Å². The first-order valence-corrected chi connectivity index (χ1v) is 5.96. The van der Waals surface area contributed by atoms with Gasteiger partial charge in [-0.3, -0.25) is 14.9 Å². The molecule has 2 aromatic carbocycles. The van der Waals surface area contributed by atoms with Gasteiger partial charge >= 0.3 is 0 Å². The van der Waals surface area contributed by atoms with Crippen LogP contribution >= 0.6 is 11.6 Å². The summed E-state index contributed by atoms with van der Waals surface area (Å²) in [7, 11) is 0. The number of anilines is 1. The van der Waals surface area contributed by atoms with Gasteiger partial charge in [0.2, 0.25) is 0 Å². The third-order valence-corrected chi connectivity index (χ3v) is 2.90. The van der Waals surface area contributed by atoms with Crippen LogP contribution in [-0.2, 0) is 0 Å². The van der Waals surface area contributed by atoms with E-state index in [4.69, 9.17) is 11.6 Å². The highest BCUT2D eigenvalue weighted by Crippen LogP contribution is 2.23. The molecular weight excluding hydrogens is 306 g/mol. The molecule has 5 nitrogen and oxygen atoms in total. The molecule has 2 aromatic rings. The van der Waals surface area contributed by atoms with Gasteiger partial charge in [0, 0.05) is 23.9 Å². The average Bonchev–Trinajstić information content (AvgIpc) is 2.42. The Morgan fingerprint density at radius 2 is 1.86 bits per heavy atom. The topological polar surface area (TPSA) is 72.2 Å². The molecule has 0 unspecified atom stereocenters. The van der Waals surface area contributed by atoms with Crippen LogP contribution in [-0.4, -0.2) is 10.8 Å². The molecule has 0 bridgehead atoms. The summed E-state index contributed by atoms with van der Waals surface area (Å²) in [6.45, 7) is 0. The van der Waals surface area contributed by atoms with Gasteiger partial charge in [-0.1, -0.05) is 11.6 Å². The van der Waals surface area contributed by atoms with E-state index in [1.165, 1.54) is 12.1 Å². The van der Waals surface area contributed by atoms with Gasteiger partial charge in [-0.25, -0.2) is 8.78 Å². The summed E-state index contributed by atoms with van der Waals surface area (Å²) < 4.78 is 25.8. The van der Waals surface area contributed by atoms with Crippen molar-refractivity contribution in [3.8, 4) is 0 Å². The molecule has 0 saturated heterocycles. The van der Waals surface area contributed by atoms with Gasteiger partial charge < -0.3 is 5.32 Å². The lowest BCUT2D eigenvalue weighted by Gasteiger charge is -2.07. The Labute approximate surface area is 122 Å². The second-order valence-electron chi connectivity index (χ2n) is 4.00. The van der Waals surface area contributed by atoms with Crippen LogP contribution < -0.4 is 5.32 Å². The molecule has 0 radical (unpaired) electrons. The third-order valence-electron chi connectivity index (χ3n) is 2.59. The number of nitrogens with zero attached hydrogens (tertiary/aromatic N) is 1. The van der Waals surface area contributed by atoms with Crippen LogP contribution in [0.25, 0.3) is 0 Å². The van der Waals surface area contributed by atoms with Crippen LogP contribution in [0.3, 0.4) is 0 Å². The van der Waals surface area contributed by atoms with Crippen molar-refractivity contribution < 1.29 is 18.5 Å². The Balaban J connectivity index is 2.24. The van der Waals surface area contributed by atoms with Crippen molar-refractivity contribution in [2.45, 2.75) is 0 Å². The summed E-state index contributed by atoms with van der Waals surface area (Å²) >= 11 is 5.79. The molecule has 1 amide bonds. The van der Waals surface area contributed by atoms with Gasteiger partial charge in [0.1, 0.15) is 0 Å². The summed E-state index contributed by atoms with van der Waals surface area (Å²) in [6.07, 6.45) is 0. The Morgan fingerprint density at radius 1 is 1.14 bits per heavy atom. The summed E-state index contributed by atoms with van der Waals surface area (Å²) in [5.74, 6) is -2.84. The first-order valence-electron chi connectivity index (χ1n) is 5.59. The molecule has 21 heavy (non-hydrogen) atoms. The van der Waals surface area contributed by atoms with Crippen LogP contribution in [0.1, 0.15) is 10.4 Å². The summed E-state index contributed by atoms with van der Waals surface area (Å²) in [6, 6.07) is 6.17. The molecule has 0 aliphatic rings. The molecule has 2 rings (SSSR count). The second-order valence-corrected chi connectivity index (χ2v) is 4.41. The molecule has 0 heterocycles. The lowest BCUT2D eigenvalue weighted by atomic mass is 10.2. The van der Waals surface area contributed by atoms with E-state index in [0.717, 1.165) is 24.3 Å². The Kier molecular flexibility index (Phi) is 4.13. The summed E-state index contributed by atoms with van der Waals surface area (Å²) in [4.78, 5) is 21.8. The van der Waals surface area contributed by atoms with E-state index >= 15 is 0 Å². The molecule has 0 aliphatic carbocycles. The fourth-order valence-corrected chi connectivity index (χ4v) is 1.83. The van der Waals surface area contributed by atoms with Gasteiger partial charge in [-0.05, 0) is 18.2 Å². The lowest BCUT2D eigenvalue weighted by Crippen LogP contribution is -2.12. The molecule has 0 aliphatic heterocycles. The minimum absolute atomic E-state index is 0.0213. The predicted molar refractivity (Wildman–Crippen MR) is 72.4 cm³/mol.